The van der Waals surface area contributed by atoms with E-state index in [9.17, 15) is 0 Å². The van der Waals surface area contributed by atoms with E-state index in [1.165, 1.54) is 148 Å². The summed E-state index contributed by atoms with van der Waals surface area (Å²) in [6.45, 7) is 4.61. The molecule has 0 spiro atoms. The third-order valence-corrected chi connectivity index (χ3v) is 6.76. The van der Waals surface area contributed by atoms with E-state index < -0.39 is 0 Å². The Morgan fingerprint density at radius 2 is 0.633 bits per heavy atom. The standard InChI is InChI=1S/C28H59N.BrH/c1-5-7-9-11-13-15-16-17-19-21-23-25-27-28(29(3)4)26-24-22-20-18-14-12-10-8-6-2;/h28H,5-27H2,1-4H3;1H. The molecule has 0 saturated carbocycles. The average Bonchev–Trinajstić information content (AvgIpc) is 2.71. The summed E-state index contributed by atoms with van der Waals surface area (Å²) in [6, 6.07) is 0.822. The van der Waals surface area contributed by atoms with Crippen LogP contribution in [0.2, 0.25) is 0 Å². The smallest absolute Gasteiger partial charge is 0.00891 e. The van der Waals surface area contributed by atoms with Gasteiger partial charge in [0, 0.05) is 6.04 Å². The van der Waals surface area contributed by atoms with Gasteiger partial charge in [-0.2, -0.15) is 0 Å². The van der Waals surface area contributed by atoms with E-state index in [2.05, 4.69) is 32.8 Å². The van der Waals surface area contributed by atoms with Crippen LogP contribution in [-0.2, 0) is 0 Å². The highest BCUT2D eigenvalue weighted by Crippen LogP contribution is 2.18. The van der Waals surface area contributed by atoms with Gasteiger partial charge in [0.05, 0.1) is 0 Å². The lowest BCUT2D eigenvalue weighted by Crippen LogP contribution is -2.27. The summed E-state index contributed by atoms with van der Waals surface area (Å²) in [5, 5.41) is 0. The van der Waals surface area contributed by atoms with E-state index in [0.29, 0.717) is 0 Å². The third-order valence-electron chi connectivity index (χ3n) is 6.76. The Hall–Kier alpha value is 0.440. The van der Waals surface area contributed by atoms with Crippen LogP contribution in [0.1, 0.15) is 162 Å². The molecule has 0 amide bonds. The molecular formula is C28H60BrN. The summed E-state index contributed by atoms with van der Waals surface area (Å²) in [6.07, 6.45) is 33.3. The summed E-state index contributed by atoms with van der Waals surface area (Å²) >= 11 is 0. The van der Waals surface area contributed by atoms with Gasteiger partial charge in [-0.25, -0.2) is 0 Å². The monoisotopic (exact) mass is 489 g/mol. The Kier molecular flexibility index (Phi) is 29.9. The molecule has 1 unspecified atom stereocenters. The zero-order valence-electron chi connectivity index (χ0n) is 21.7. The third kappa shape index (κ3) is 24.7. The van der Waals surface area contributed by atoms with Gasteiger partial charge in [0.15, 0.2) is 0 Å². The normalized spacial score (nSPS) is 12.3. The Morgan fingerprint density at radius 1 is 0.400 bits per heavy atom. The summed E-state index contributed by atoms with van der Waals surface area (Å²) in [7, 11) is 4.58. The minimum absolute atomic E-state index is 0. The van der Waals surface area contributed by atoms with Crippen molar-refractivity contribution in [2.45, 2.75) is 168 Å². The highest BCUT2D eigenvalue weighted by Gasteiger charge is 2.10. The van der Waals surface area contributed by atoms with Crippen molar-refractivity contribution in [2.24, 2.45) is 0 Å². The van der Waals surface area contributed by atoms with Crippen LogP contribution in [0.25, 0.3) is 0 Å². The summed E-state index contributed by atoms with van der Waals surface area (Å²) < 4.78 is 0. The molecule has 0 aromatic carbocycles. The molecule has 0 aromatic rings. The van der Waals surface area contributed by atoms with Crippen molar-refractivity contribution >= 4 is 17.0 Å². The lowest BCUT2D eigenvalue weighted by atomic mass is 9.99. The maximum absolute atomic E-state index is 2.49. The van der Waals surface area contributed by atoms with Crippen molar-refractivity contribution < 1.29 is 0 Å². The van der Waals surface area contributed by atoms with E-state index in [1.54, 1.807) is 0 Å². The van der Waals surface area contributed by atoms with Crippen LogP contribution < -0.4 is 0 Å². The van der Waals surface area contributed by atoms with Gasteiger partial charge in [-0.3, -0.25) is 0 Å². The lowest BCUT2D eigenvalue weighted by Gasteiger charge is -2.24. The molecule has 30 heavy (non-hydrogen) atoms. The minimum Gasteiger partial charge on any atom is -0.306 e. The minimum atomic E-state index is 0. The second-order valence-electron chi connectivity index (χ2n) is 9.91. The molecule has 0 aliphatic heterocycles. The second-order valence-corrected chi connectivity index (χ2v) is 9.91. The van der Waals surface area contributed by atoms with Crippen molar-refractivity contribution in [1.82, 2.24) is 4.90 Å². The first-order valence-electron chi connectivity index (χ1n) is 13.9. The number of hydrogen-bond acceptors (Lipinski definition) is 1. The van der Waals surface area contributed by atoms with Crippen molar-refractivity contribution in [3.8, 4) is 0 Å². The first kappa shape index (κ1) is 32.6. The van der Waals surface area contributed by atoms with Crippen LogP contribution in [0, 0.1) is 0 Å². The van der Waals surface area contributed by atoms with Crippen molar-refractivity contribution in [3.05, 3.63) is 0 Å². The van der Waals surface area contributed by atoms with Crippen molar-refractivity contribution in [1.29, 1.82) is 0 Å². The van der Waals surface area contributed by atoms with E-state index >= 15 is 0 Å². The summed E-state index contributed by atoms with van der Waals surface area (Å²) in [5.74, 6) is 0. The zero-order chi connectivity index (χ0) is 21.4. The molecule has 1 nitrogen and oxygen atoms in total. The maximum atomic E-state index is 2.49. The second kappa shape index (κ2) is 27.5. The average molecular weight is 491 g/mol. The van der Waals surface area contributed by atoms with Crippen LogP contribution in [0.15, 0.2) is 0 Å². The maximum Gasteiger partial charge on any atom is 0.00891 e. The molecule has 0 aliphatic carbocycles. The van der Waals surface area contributed by atoms with E-state index in [0.717, 1.165) is 6.04 Å². The fraction of sp³-hybridized carbons (Fsp3) is 1.00. The largest absolute Gasteiger partial charge is 0.306 e. The van der Waals surface area contributed by atoms with Gasteiger partial charge in [0.1, 0.15) is 0 Å². The Balaban J connectivity index is 0. The number of rotatable bonds is 24. The molecule has 0 rings (SSSR count). The molecule has 0 heterocycles. The van der Waals surface area contributed by atoms with Gasteiger partial charge in [-0.1, -0.05) is 149 Å². The first-order valence-corrected chi connectivity index (χ1v) is 13.9. The number of nitrogens with zero attached hydrogens (tertiary/aromatic N) is 1. The molecule has 2 heteroatoms. The molecule has 0 aliphatic rings. The first-order chi connectivity index (χ1) is 14.2. The van der Waals surface area contributed by atoms with Crippen LogP contribution in [0.4, 0.5) is 0 Å². The van der Waals surface area contributed by atoms with Gasteiger partial charge < -0.3 is 4.90 Å². The predicted molar refractivity (Wildman–Crippen MR) is 145 cm³/mol. The molecule has 0 fully saturated rings. The van der Waals surface area contributed by atoms with Crippen LogP contribution >= 0.6 is 17.0 Å². The molecule has 184 valence electrons. The van der Waals surface area contributed by atoms with Crippen LogP contribution in [0.5, 0.6) is 0 Å². The number of unbranched alkanes of at least 4 members (excludes halogenated alkanes) is 19. The quantitative estimate of drug-likeness (QED) is 0.122. The fourth-order valence-electron chi connectivity index (χ4n) is 4.57. The van der Waals surface area contributed by atoms with Gasteiger partial charge in [-0.15, -0.1) is 17.0 Å². The van der Waals surface area contributed by atoms with Crippen molar-refractivity contribution in [2.75, 3.05) is 14.1 Å². The molecule has 0 aromatic heterocycles. The SMILES string of the molecule is Br.CCCCCCCCCCCCCCC(CCCCCCCCCCC)N(C)C. The van der Waals surface area contributed by atoms with Crippen molar-refractivity contribution in [3.63, 3.8) is 0 Å². The number of halogens is 1. The zero-order valence-corrected chi connectivity index (χ0v) is 23.4. The highest BCUT2D eigenvalue weighted by atomic mass is 79.9. The van der Waals surface area contributed by atoms with Gasteiger partial charge in [0.25, 0.3) is 0 Å². The lowest BCUT2D eigenvalue weighted by molar-refractivity contribution is 0.251. The predicted octanol–water partition coefficient (Wildman–Crippen LogP) is 10.5. The Labute approximate surface area is 203 Å². The Bertz CT molecular complexity index is 292. The van der Waals surface area contributed by atoms with Gasteiger partial charge in [-0.05, 0) is 26.9 Å². The topological polar surface area (TPSA) is 3.24 Å². The fourth-order valence-corrected chi connectivity index (χ4v) is 4.57. The van der Waals surface area contributed by atoms with Crippen LogP contribution in [0.3, 0.4) is 0 Å². The molecule has 0 bridgehead atoms. The molecule has 1 atom stereocenters. The van der Waals surface area contributed by atoms with Gasteiger partial charge in [0.2, 0.25) is 0 Å². The Morgan fingerprint density at radius 3 is 0.867 bits per heavy atom. The van der Waals surface area contributed by atoms with E-state index in [1.807, 2.05) is 0 Å². The number of hydrogen-bond donors (Lipinski definition) is 0. The summed E-state index contributed by atoms with van der Waals surface area (Å²) in [5.41, 5.74) is 0. The van der Waals surface area contributed by atoms with Crippen LogP contribution in [-0.4, -0.2) is 25.0 Å². The van der Waals surface area contributed by atoms with E-state index in [-0.39, 0.29) is 17.0 Å². The highest BCUT2D eigenvalue weighted by molar-refractivity contribution is 8.93. The summed E-state index contributed by atoms with van der Waals surface area (Å²) in [4.78, 5) is 2.49. The molecule has 0 saturated heterocycles. The molecular weight excluding hydrogens is 430 g/mol. The van der Waals surface area contributed by atoms with E-state index in [4.69, 9.17) is 0 Å². The molecule has 0 radical (unpaired) electrons. The van der Waals surface area contributed by atoms with Gasteiger partial charge >= 0.3 is 0 Å². The molecule has 0 N–H and O–H groups in total.